The van der Waals surface area contributed by atoms with Gasteiger partial charge in [0.15, 0.2) is 6.61 Å². The van der Waals surface area contributed by atoms with Crippen molar-refractivity contribution in [2.45, 2.75) is 18.9 Å². The maximum absolute atomic E-state index is 12.8. The lowest BCUT2D eigenvalue weighted by molar-refractivity contribution is -0.384. The summed E-state index contributed by atoms with van der Waals surface area (Å²) in [7, 11) is 0. The highest BCUT2D eigenvalue weighted by atomic mass is 32.1. The molecule has 1 aromatic heterocycles. The van der Waals surface area contributed by atoms with Crippen LogP contribution in [0.25, 0.3) is 0 Å². The molecule has 1 atom stereocenters. The molecule has 2 aromatic rings. The molecule has 2 saturated heterocycles. The van der Waals surface area contributed by atoms with Crippen LogP contribution in [-0.2, 0) is 14.3 Å². The second-order valence-electron chi connectivity index (χ2n) is 7.39. The number of nitro benzene ring substituents is 1. The number of hydrogen-bond donors (Lipinski definition) is 0. The molecule has 1 amide bonds. The highest BCUT2D eigenvalue weighted by Gasteiger charge is 2.31. The monoisotopic (exact) mass is 445 g/mol. The average molecular weight is 445 g/mol. The predicted octanol–water partition coefficient (Wildman–Crippen LogP) is 3.01. The van der Waals surface area contributed by atoms with E-state index in [0.29, 0.717) is 38.5 Å². The number of carbonyl (C=O) groups is 2. The zero-order valence-corrected chi connectivity index (χ0v) is 17.7. The van der Waals surface area contributed by atoms with Crippen LogP contribution in [0.3, 0.4) is 0 Å². The van der Waals surface area contributed by atoms with E-state index in [2.05, 4.69) is 0 Å². The van der Waals surface area contributed by atoms with Gasteiger partial charge in [0.25, 0.3) is 11.6 Å². The lowest BCUT2D eigenvalue weighted by Crippen LogP contribution is -2.37. The summed E-state index contributed by atoms with van der Waals surface area (Å²) >= 11 is 1.60. The van der Waals surface area contributed by atoms with Crippen molar-refractivity contribution in [3.05, 3.63) is 56.3 Å². The summed E-state index contributed by atoms with van der Waals surface area (Å²) in [6, 6.07) is 8.09. The van der Waals surface area contributed by atoms with Crippen LogP contribution >= 0.6 is 11.3 Å². The van der Waals surface area contributed by atoms with Crippen molar-refractivity contribution in [1.82, 2.24) is 4.90 Å². The maximum atomic E-state index is 12.8. The van der Waals surface area contributed by atoms with Gasteiger partial charge in [0.1, 0.15) is 0 Å². The molecule has 2 aliphatic heterocycles. The van der Waals surface area contributed by atoms with E-state index in [4.69, 9.17) is 9.47 Å². The summed E-state index contributed by atoms with van der Waals surface area (Å²) in [6.45, 7) is 2.35. The highest BCUT2D eigenvalue weighted by molar-refractivity contribution is 7.10. The smallest absolute Gasteiger partial charge is 0.341 e. The van der Waals surface area contributed by atoms with E-state index in [1.807, 2.05) is 22.4 Å². The Morgan fingerprint density at radius 3 is 2.74 bits per heavy atom. The summed E-state index contributed by atoms with van der Waals surface area (Å²) in [5, 5.41) is 13.2. The van der Waals surface area contributed by atoms with Gasteiger partial charge in [-0.05, 0) is 30.4 Å². The zero-order chi connectivity index (χ0) is 21.8. The van der Waals surface area contributed by atoms with Crippen LogP contribution in [0.1, 0.15) is 34.1 Å². The number of rotatable bonds is 6. The molecule has 10 heteroatoms. The summed E-state index contributed by atoms with van der Waals surface area (Å²) in [5.74, 6) is -1.01. The molecule has 1 unspecified atom stereocenters. The Hall–Kier alpha value is -2.98. The van der Waals surface area contributed by atoms with Gasteiger partial charge < -0.3 is 19.3 Å². The molecule has 9 nitrogen and oxygen atoms in total. The number of nitrogens with zero attached hydrogens (tertiary/aromatic N) is 3. The first-order chi connectivity index (χ1) is 15.0. The van der Waals surface area contributed by atoms with Crippen LogP contribution in [0.15, 0.2) is 35.7 Å². The number of esters is 1. The van der Waals surface area contributed by atoms with E-state index in [9.17, 15) is 19.7 Å². The van der Waals surface area contributed by atoms with Gasteiger partial charge in [-0.15, -0.1) is 11.3 Å². The van der Waals surface area contributed by atoms with Gasteiger partial charge in [-0.1, -0.05) is 6.07 Å². The first-order valence-electron chi connectivity index (χ1n) is 10.2. The standard InChI is InChI=1S/C21H23N3O6S/c25-20(23-7-1-3-18(23)19-4-2-12-31-19)14-30-21(26)16-13-15(24(27)28)5-6-17(16)22-8-10-29-11-9-22/h2,4-6,12-13,18H,1,3,7-11,14H2. The number of likely N-dealkylation sites (tertiary alicyclic amines) is 1. The SMILES string of the molecule is O=C(OCC(=O)N1CCCC1c1cccs1)c1cc([N+](=O)[O-])ccc1N1CCOCC1. The van der Waals surface area contributed by atoms with Crippen LogP contribution in [0.4, 0.5) is 11.4 Å². The van der Waals surface area contributed by atoms with Crippen LogP contribution in [-0.4, -0.2) is 61.2 Å². The van der Waals surface area contributed by atoms with E-state index in [-0.39, 0.29) is 23.2 Å². The fourth-order valence-corrected chi connectivity index (χ4v) is 4.88. The van der Waals surface area contributed by atoms with Crippen molar-refractivity contribution < 1.29 is 24.0 Å². The minimum atomic E-state index is -0.745. The molecule has 2 fully saturated rings. The van der Waals surface area contributed by atoms with E-state index in [0.717, 1.165) is 17.7 Å². The molecule has 0 spiro atoms. The number of anilines is 1. The second kappa shape index (κ2) is 9.44. The number of morpholine rings is 1. The number of benzene rings is 1. The molecule has 164 valence electrons. The van der Waals surface area contributed by atoms with Gasteiger partial charge in [0, 0.05) is 36.6 Å². The lowest BCUT2D eigenvalue weighted by Gasteiger charge is -2.30. The minimum Gasteiger partial charge on any atom is -0.452 e. The Labute approximate surface area is 183 Å². The predicted molar refractivity (Wildman–Crippen MR) is 114 cm³/mol. The Morgan fingerprint density at radius 1 is 1.23 bits per heavy atom. The molecule has 31 heavy (non-hydrogen) atoms. The van der Waals surface area contributed by atoms with Crippen molar-refractivity contribution in [2.24, 2.45) is 0 Å². The zero-order valence-electron chi connectivity index (χ0n) is 16.9. The number of nitro groups is 1. The largest absolute Gasteiger partial charge is 0.452 e. The van der Waals surface area contributed by atoms with Crippen molar-refractivity contribution in [2.75, 3.05) is 44.4 Å². The molecule has 3 heterocycles. The van der Waals surface area contributed by atoms with E-state index in [1.54, 1.807) is 22.3 Å². The van der Waals surface area contributed by atoms with Gasteiger partial charge in [-0.25, -0.2) is 4.79 Å². The summed E-state index contributed by atoms with van der Waals surface area (Å²) < 4.78 is 10.7. The van der Waals surface area contributed by atoms with Gasteiger partial charge >= 0.3 is 5.97 Å². The van der Waals surface area contributed by atoms with Gasteiger partial charge in [0.2, 0.25) is 0 Å². The Bertz CT molecular complexity index is 958. The third-order valence-electron chi connectivity index (χ3n) is 5.53. The third-order valence-corrected chi connectivity index (χ3v) is 6.51. The van der Waals surface area contributed by atoms with E-state index >= 15 is 0 Å². The lowest BCUT2D eigenvalue weighted by atomic mass is 10.1. The van der Waals surface area contributed by atoms with Gasteiger partial charge in [0.05, 0.1) is 35.4 Å². The van der Waals surface area contributed by atoms with Crippen LogP contribution in [0, 0.1) is 10.1 Å². The molecular weight excluding hydrogens is 422 g/mol. The minimum absolute atomic E-state index is 0.00734. The molecule has 0 bridgehead atoms. The number of ether oxygens (including phenoxy) is 2. The molecule has 0 saturated carbocycles. The van der Waals surface area contributed by atoms with Crippen molar-refractivity contribution >= 4 is 34.6 Å². The third kappa shape index (κ3) is 4.70. The number of non-ortho nitro benzene ring substituents is 1. The Morgan fingerprint density at radius 2 is 2.03 bits per heavy atom. The number of amides is 1. The normalized spacial score (nSPS) is 18.8. The molecule has 4 rings (SSSR count). The molecule has 2 aliphatic rings. The molecule has 1 aromatic carbocycles. The highest BCUT2D eigenvalue weighted by Crippen LogP contribution is 2.34. The van der Waals surface area contributed by atoms with Crippen molar-refractivity contribution in [3.8, 4) is 0 Å². The Balaban J connectivity index is 1.48. The summed E-state index contributed by atoms with van der Waals surface area (Å²) in [6.07, 6.45) is 1.78. The molecule has 0 N–H and O–H groups in total. The number of thiophene rings is 1. The Kier molecular flexibility index (Phi) is 6.47. The average Bonchev–Trinajstić information content (AvgIpc) is 3.49. The summed E-state index contributed by atoms with van der Waals surface area (Å²) in [4.78, 5) is 41.1. The van der Waals surface area contributed by atoms with E-state index < -0.39 is 17.5 Å². The van der Waals surface area contributed by atoms with Gasteiger partial charge in [-0.3, -0.25) is 14.9 Å². The summed E-state index contributed by atoms with van der Waals surface area (Å²) in [5.41, 5.74) is 0.428. The van der Waals surface area contributed by atoms with Gasteiger partial charge in [-0.2, -0.15) is 0 Å². The van der Waals surface area contributed by atoms with Crippen LogP contribution < -0.4 is 4.90 Å². The first-order valence-corrected chi connectivity index (χ1v) is 11.0. The topological polar surface area (TPSA) is 102 Å². The van der Waals surface area contributed by atoms with Crippen molar-refractivity contribution in [1.29, 1.82) is 0 Å². The quantitative estimate of drug-likeness (QED) is 0.383. The van der Waals surface area contributed by atoms with Crippen LogP contribution in [0.5, 0.6) is 0 Å². The maximum Gasteiger partial charge on any atom is 0.341 e. The molecular formula is C21H23N3O6S. The fourth-order valence-electron chi connectivity index (χ4n) is 4.01. The van der Waals surface area contributed by atoms with E-state index in [1.165, 1.54) is 12.1 Å². The number of hydrogen-bond acceptors (Lipinski definition) is 8. The number of carbonyl (C=O) groups excluding carboxylic acids is 2. The first kappa shape index (κ1) is 21.3. The fraction of sp³-hybridized carbons (Fsp3) is 0.429. The molecule has 0 radical (unpaired) electrons. The molecule has 0 aliphatic carbocycles. The van der Waals surface area contributed by atoms with Crippen LogP contribution in [0.2, 0.25) is 0 Å². The van der Waals surface area contributed by atoms with Crippen molar-refractivity contribution in [3.63, 3.8) is 0 Å². The second-order valence-corrected chi connectivity index (χ2v) is 8.37.